The number of nitrogens with one attached hydrogen (secondary N) is 1. The summed E-state index contributed by atoms with van der Waals surface area (Å²) in [4.78, 5) is 58.3. The van der Waals surface area contributed by atoms with Gasteiger partial charge >= 0.3 is 18.1 Å². The molecular weight excluding hydrogens is 1460 g/mol. The van der Waals surface area contributed by atoms with Crippen LogP contribution in [0.5, 0.6) is 0 Å². The van der Waals surface area contributed by atoms with Gasteiger partial charge in [-0.15, -0.1) is 0 Å². The maximum Gasteiger partial charge on any atom is 0.325 e. The van der Waals surface area contributed by atoms with E-state index >= 15 is 0 Å². The molecular formula is C95H126BrN9O7. The largest absolute Gasteiger partial charge is 0.395 e. The van der Waals surface area contributed by atoms with E-state index in [9.17, 15) is 24.6 Å². The van der Waals surface area contributed by atoms with Crippen LogP contribution in [-0.2, 0) is 48.7 Å². The molecule has 10 aliphatic rings. The van der Waals surface area contributed by atoms with E-state index in [-0.39, 0.29) is 66.0 Å². The summed E-state index contributed by atoms with van der Waals surface area (Å²) < 4.78 is 10.7. The van der Waals surface area contributed by atoms with Gasteiger partial charge in [-0.25, -0.2) is 14.4 Å². The van der Waals surface area contributed by atoms with Crippen LogP contribution in [0.2, 0.25) is 0 Å². The highest BCUT2D eigenvalue weighted by Crippen LogP contribution is 2.51. The molecule has 7 saturated heterocycles. The number of benzene rings is 6. The second kappa shape index (κ2) is 34.9. The van der Waals surface area contributed by atoms with Gasteiger partial charge in [0, 0.05) is 119 Å². The number of aryl methyl sites for hydroxylation is 12. The van der Waals surface area contributed by atoms with Crippen molar-refractivity contribution >= 4 is 34.0 Å². The first-order valence-electron chi connectivity index (χ1n) is 41.7. The molecule has 6 amide bonds. The topological polar surface area (TPSA) is 148 Å². The molecule has 112 heavy (non-hydrogen) atoms. The highest BCUT2D eigenvalue weighted by atomic mass is 79.9. The van der Waals surface area contributed by atoms with E-state index in [0.717, 1.165) is 134 Å². The number of carbonyl (C=O) groups is 3. The van der Waals surface area contributed by atoms with E-state index in [1.54, 1.807) is 0 Å². The Kier molecular flexibility index (Phi) is 25.7. The van der Waals surface area contributed by atoms with E-state index in [2.05, 4.69) is 249 Å². The van der Waals surface area contributed by atoms with Gasteiger partial charge < -0.3 is 34.8 Å². The number of β-amino-alcohol motifs (C(OH)–C–C–N with tert-alkyl or cyclic N) is 2. The van der Waals surface area contributed by atoms with Crippen molar-refractivity contribution < 1.29 is 34.1 Å². The third-order valence-electron chi connectivity index (χ3n) is 25.6. The third kappa shape index (κ3) is 17.5. The molecule has 7 fully saturated rings. The number of piperidine rings is 3. The number of ether oxygens (including phenoxy) is 2. The zero-order valence-electron chi connectivity index (χ0n) is 69.9. The van der Waals surface area contributed by atoms with Gasteiger partial charge in [0.25, 0.3) is 0 Å². The predicted octanol–water partition coefficient (Wildman–Crippen LogP) is 17.8. The van der Waals surface area contributed by atoms with Gasteiger partial charge in [-0.05, 0) is 208 Å². The fraction of sp³-hybridized carbons (Fsp3) is 0.526. The van der Waals surface area contributed by atoms with E-state index in [1.807, 2.05) is 24.5 Å². The number of nitrogens with zero attached hydrogens (tertiary/aromatic N) is 8. The Morgan fingerprint density at radius 2 is 0.786 bits per heavy atom. The number of alkyl halides is 1. The zero-order valence-corrected chi connectivity index (χ0v) is 71.5. The number of fused-ring (bicyclic) bond motifs is 9. The van der Waals surface area contributed by atoms with Crippen molar-refractivity contribution in [3.8, 4) is 0 Å². The molecule has 17 heteroatoms. The molecule has 3 spiro atoms. The number of amides is 6. The second-order valence-corrected chi connectivity index (χ2v) is 35.6. The van der Waals surface area contributed by atoms with Crippen LogP contribution < -0.4 is 5.32 Å². The van der Waals surface area contributed by atoms with E-state index < -0.39 is 0 Å². The van der Waals surface area contributed by atoms with Crippen LogP contribution in [0.1, 0.15) is 213 Å². The highest BCUT2D eigenvalue weighted by Gasteiger charge is 2.57. The summed E-state index contributed by atoms with van der Waals surface area (Å²) in [5, 5.41) is 24.1. The van der Waals surface area contributed by atoms with Gasteiger partial charge in [0.2, 0.25) is 0 Å². The molecule has 16 nitrogen and oxygen atoms in total. The monoisotopic (exact) mass is 1580 g/mol. The summed E-state index contributed by atoms with van der Waals surface area (Å²) >= 11 is 3.30. The number of aliphatic hydroxyl groups is 2. The molecule has 10 heterocycles. The molecule has 0 aliphatic carbocycles. The summed E-state index contributed by atoms with van der Waals surface area (Å²) in [5.41, 5.74) is 30.2. The fourth-order valence-corrected chi connectivity index (χ4v) is 21.5. The average molecular weight is 1590 g/mol. The molecule has 0 saturated carbocycles. The van der Waals surface area contributed by atoms with Gasteiger partial charge in [0.1, 0.15) is 0 Å². The molecule has 4 atom stereocenters. The lowest BCUT2D eigenvalue weighted by molar-refractivity contribution is -0.158. The van der Waals surface area contributed by atoms with Crippen molar-refractivity contribution in [3.05, 3.63) is 243 Å². The van der Waals surface area contributed by atoms with Crippen LogP contribution in [0.4, 0.5) is 14.4 Å². The summed E-state index contributed by atoms with van der Waals surface area (Å²) in [7, 11) is 0. The maximum absolute atomic E-state index is 13.8. The lowest BCUT2D eigenvalue weighted by atomic mass is 9.81. The first kappa shape index (κ1) is 82.5. The molecule has 16 rings (SSSR count). The van der Waals surface area contributed by atoms with E-state index in [4.69, 9.17) is 9.47 Å². The van der Waals surface area contributed by atoms with Crippen molar-refractivity contribution in [1.29, 1.82) is 0 Å². The molecule has 600 valence electrons. The molecule has 0 bridgehead atoms. The van der Waals surface area contributed by atoms with Crippen LogP contribution in [0.25, 0.3) is 0 Å². The molecule has 0 radical (unpaired) electrons. The molecule has 10 aliphatic heterocycles. The number of hydrogen-bond acceptors (Lipinski definition) is 10. The number of likely N-dealkylation sites (tertiary alicyclic amines) is 3. The standard InChI is InChI=1S/2C30H39N3O2.C28H35N3O.C7H13BrO2/c2*1-20-12-21(2)15-25(14-20)18-31-8-6-30(7-9-31)27-17-24(5)28-23(4)13-22(3)16-26(28)19-32(27)29(35)33(30)10-11-34;1-18-10-19(2)13-23(12-18)16-30-8-6-28(7-9-30)25-15-22(5)26-21(4)11-20(3)14-24(26)17-31(25)27(32)29-28;8-4-6-10-7-3-1-2-5-9-7/h2*12-17,24,34H,6-11,18-19H2,1-5H3;10-15,22H,6-9,16-17H2,1-5H3,(H,29,32);7H,1-6H2/t2*24-;;/m10../s1. The second-order valence-electron chi connectivity index (χ2n) is 34.8. The fourth-order valence-electron chi connectivity index (χ4n) is 21.3. The Labute approximate surface area is 677 Å². The number of rotatable bonds is 13. The summed E-state index contributed by atoms with van der Waals surface area (Å²) in [6.45, 7) is 45.7. The third-order valence-corrected chi connectivity index (χ3v) is 25.9. The predicted molar refractivity (Wildman–Crippen MR) is 454 cm³/mol. The summed E-state index contributed by atoms with van der Waals surface area (Å²) in [6, 6.07) is 34.1. The maximum atomic E-state index is 13.8. The summed E-state index contributed by atoms with van der Waals surface area (Å²) in [6.07, 6.45) is 16.2. The van der Waals surface area contributed by atoms with E-state index in [0.29, 0.717) is 38.6 Å². The van der Waals surface area contributed by atoms with Crippen LogP contribution in [0, 0.1) is 83.1 Å². The molecule has 0 aromatic heterocycles. The number of hydrogen-bond donors (Lipinski definition) is 3. The minimum absolute atomic E-state index is 0.00868. The molecule has 6 aromatic rings. The first-order chi connectivity index (χ1) is 53.6. The smallest absolute Gasteiger partial charge is 0.325 e. The van der Waals surface area contributed by atoms with Gasteiger partial charge in [0.15, 0.2) is 6.29 Å². The van der Waals surface area contributed by atoms with Crippen molar-refractivity contribution in [3.63, 3.8) is 0 Å². The van der Waals surface area contributed by atoms with Crippen LogP contribution in [0.3, 0.4) is 0 Å². The van der Waals surface area contributed by atoms with Gasteiger partial charge in [-0.1, -0.05) is 196 Å². The number of allylic oxidation sites excluding steroid dienone is 3. The Morgan fingerprint density at radius 3 is 1.12 bits per heavy atom. The molecule has 2 unspecified atom stereocenters. The van der Waals surface area contributed by atoms with E-state index in [1.165, 1.54) is 135 Å². The van der Waals surface area contributed by atoms with Crippen molar-refractivity contribution in [2.45, 2.75) is 242 Å². The normalized spacial score (nSPS) is 22.3. The number of aliphatic hydroxyl groups excluding tert-OH is 2. The summed E-state index contributed by atoms with van der Waals surface area (Å²) in [5.74, 6) is 0.804. The lowest BCUT2D eigenvalue weighted by Crippen LogP contribution is -2.54. The quantitative estimate of drug-likeness (QED) is 0.0955. The lowest BCUT2D eigenvalue weighted by Gasteiger charge is -2.44. The van der Waals surface area contributed by atoms with Crippen molar-refractivity contribution in [1.82, 2.24) is 44.5 Å². The zero-order chi connectivity index (χ0) is 79.7. The van der Waals surface area contributed by atoms with Gasteiger partial charge in [0.05, 0.1) is 56.1 Å². The minimum Gasteiger partial charge on any atom is -0.395 e. The van der Waals surface area contributed by atoms with Crippen molar-refractivity contribution in [2.75, 3.05) is 84.1 Å². The first-order valence-corrected chi connectivity index (χ1v) is 42.9. The number of halogens is 1. The SMILES string of the molecule is BrCCOC1CCCCO1.Cc1cc(C)cc(CN2CCC3(CC2)C2=C[C@@H](C)c4c(C)cc(C)cc4CN2C(=O)N3CCO)c1.Cc1cc(C)cc(CN2CCC3(CC2)C2=C[C@H](C)c4c(C)cc(C)cc4CN2C(=O)N3CCO)c1.Cc1cc(C)cc(CN2CCC3(CC2)NC(=O)N2Cc4cc(C)cc(C)c4C(C)C=C23)c1. The molecule has 3 N–H and O–H groups in total. The number of carbonyl (C=O) groups excluding carboxylic acids is 3. The Morgan fingerprint density at radius 1 is 0.446 bits per heavy atom. The molecule has 6 aromatic carbocycles. The van der Waals surface area contributed by atoms with Gasteiger partial charge in [-0.2, -0.15) is 0 Å². The Hall–Kier alpha value is -7.45. The Bertz CT molecular complexity index is 4300. The number of urea groups is 3. The minimum atomic E-state index is -0.335. The average Bonchev–Trinajstić information content (AvgIpc) is 1.57. The van der Waals surface area contributed by atoms with Crippen LogP contribution >= 0.6 is 15.9 Å². The van der Waals surface area contributed by atoms with Crippen LogP contribution in [0.15, 0.2) is 126 Å². The Balaban J connectivity index is 0.000000138. The van der Waals surface area contributed by atoms with Crippen LogP contribution in [-0.4, -0.2) is 175 Å². The highest BCUT2D eigenvalue weighted by molar-refractivity contribution is 9.09. The van der Waals surface area contributed by atoms with Gasteiger partial charge in [-0.3, -0.25) is 29.4 Å². The van der Waals surface area contributed by atoms with Crippen molar-refractivity contribution in [2.24, 2.45) is 0 Å².